The van der Waals surface area contributed by atoms with Crippen molar-refractivity contribution in [2.24, 2.45) is 40.6 Å². The molecule has 0 aliphatic heterocycles. The van der Waals surface area contributed by atoms with Gasteiger partial charge in [0.15, 0.2) is 11.5 Å². The molecule has 1 aromatic rings. The van der Waals surface area contributed by atoms with Gasteiger partial charge in [-0.05, 0) is 75.0 Å². The Morgan fingerprint density at radius 3 is 2.23 bits per heavy atom. The standard InChI is InChI=1S/C34H58N4O10/c1-22(2)25(17-24-12-13-28(45-8)30(18-24)46-15-10-14-44-7)19-27(35)29(48-31(39)11-9-16-47-38(42)43)20-26(23(3)4)32(40)37-21-34(5,6)33(36)41/h12-13,18,22-23,25-27,29H,9-11,14-17,19-21,35H2,1-8H3,(H2,36,41)(H,37,40). The van der Waals surface area contributed by atoms with Crippen molar-refractivity contribution in [1.29, 1.82) is 0 Å². The number of esters is 1. The molecule has 0 aliphatic carbocycles. The van der Waals surface area contributed by atoms with Crippen molar-refractivity contribution >= 4 is 17.8 Å². The predicted octanol–water partition coefficient (Wildman–Crippen LogP) is 3.83. The molecule has 1 aromatic carbocycles. The number of amides is 2. The van der Waals surface area contributed by atoms with Crippen LogP contribution in [-0.2, 0) is 35.1 Å². The Morgan fingerprint density at radius 1 is 0.979 bits per heavy atom. The van der Waals surface area contributed by atoms with E-state index in [1.807, 2.05) is 32.0 Å². The summed E-state index contributed by atoms with van der Waals surface area (Å²) in [5.41, 5.74) is 12.4. The number of ether oxygens (including phenoxy) is 4. The molecule has 0 saturated heterocycles. The number of nitrogens with two attached hydrogens (primary N) is 2. The largest absolute Gasteiger partial charge is 0.493 e. The van der Waals surface area contributed by atoms with Crippen LogP contribution < -0.4 is 26.3 Å². The molecule has 0 radical (unpaired) electrons. The number of nitrogens with one attached hydrogen (secondary N) is 1. The maximum atomic E-state index is 13.4. The number of rotatable bonds is 25. The molecule has 14 heteroatoms. The fourth-order valence-electron chi connectivity index (χ4n) is 5.09. The van der Waals surface area contributed by atoms with Crippen LogP contribution >= 0.6 is 0 Å². The van der Waals surface area contributed by atoms with Crippen LogP contribution in [0.1, 0.15) is 79.2 Å². The minimum Gasteiger partial charge on any atom is -0.493 e. The molecule has 0 fully saturated rings. The minimum atomic E-state index is -0.952. The molecule has 1 rings (SSSR count). The zero-order valence-corrected chi connectivity index (χ0v) is 30.0. The van der Waals surface area contributed by atoms with Gasteiger partial charge in [-0.2, -0.15) is 0 Å². The zero-order chi connectivity index (χ0) is 36.4. The van der Waals surface area contributed by atoms with Crippen LogP contribution in [-0.4, -0.2) is 75.6 Å². The molecule has 0 heterocycles. The number of methoxy groups -OCH3 is 2. The number of nitrogens with zero attached hydrogens (tertiary/aromatic N) is 1. The van der Waals surface area contributed by atoms with Crippen LogP contribution in [0, 0.1) is 39.2 Å². The molecule has 2 amide bonds. The lowest BCUT2D eigenvalue weighted by atomic mass is 9.80. The predicted molar refractivity (Wildman–Crippen MR) is 181 cm³/mol. The Hall–Kier alpha value is -3.65. The summed E-state index contributed by atoms with van der Waals surface area (Å²) >= 11 is 0. The van der Waals surface area contributed by atoms with Gasteiger partial charge in [-0.15, -0.1) is 10.1 Å². The van der Waals surface area contributed by atoms with Crippen LogP contribution in [0.3, 0.4) is 0 Å². The summed E-state index contributed by atoms with van der Waals surface area (Å²) in [6, 6.07) is 5.19. The molecule has 0 aromatic heterocycles. The quantitative estimate of drug-likeness (QED) is 0.0585. The van der Waals surface area contributed by atoms with E-state index in [0.717, 1.165) is 12.0 Å². The van der Waals surface area contributed by atoms with Crippen molar-refractivity contribution in [3.8, 4) is 11.5 Å². The number of hydrogen-bond donors (Lipinski definition) is 3. The molecule has 14 nitrogen and oxygen atoms in total. The minimum absolute atomic E-state index is 0.0483. The molecule has 5 N–H and O–H groups in total. The lowest BCUT2D eigenvalue weighted by Gasteiger charge is -2.33. The number of primary amides is 1. The zero-order valence-electron chi connectivity index (χ0n) is 30.0. The number of carbonyl (C=O) groups is 3. The molecular formula is C34H58N4O10. The molecule has 0 aliphatic rings. The first-order valence-electron chi connectivity index (χ1n) is 16.6. The van der Waals surface area contributed by atoms with E-state index in [4.69, 9.17) is 30.4 Å². The van der Waals surface area contributed by atoms with Crippen molar-refractivity contribution in [1.82, 2.24) is 5.32 Å². The van der Waals surface area contributed by atoms with Gasteiger partial charge >= 0.3 is 5.97 Å². The Morgan fingerprint density at radius 2 is 1.67 bits per heavy atom. The van der Waals surface area contributed by atoms with Crippen LogP contribution in [0.25, 0.3) is 0 Å². The van der Waals surface area contributed by atoms with Crippen LogP contribution in [0.5, 0.6) is 11.5 Å². The lowest BCUT2D eigenvalue weighted by Crippen LogP contribution is -2.47. The smallest absolute Gasteiger partial charge is 0.306 e. The fourth-order valence-corrected chi connectivity index (χ4v) is 5.09. The second kappa shape index (κ2) is 21.3. The fraction of sp³-hybridized carbons (Fsp3) is 0.735. The maximum absolute atomic E-state index is 13.4. The average Bonchev–Trinajstić information content (AvgIpc) is 3.01. The van der Waals surface area contributed by atoms with Gasteiger partial charge in [0.05, 0.1) is 25.7 Å². The van der Waals surface area contributed by atoms with Crippen molar-refractivity contribution in [3.05, 3.63) is 33.9 Å². The highest BCUT2D eigenvalue weighted by molar-refractivity contribution is 5.83. The number of benzene rings is 1. The van der Waals surface area contributed by atoms with E-state index in [1.165, 1.54) is 0 Å². The Labute approximate surface area is 285 Å². The summed E-state index contributed by atoms with van der Waals surface area (Å²) in [6.45, 7) is 12.1. The Kier molecular flexibility index (Phi) is 18.8. The summed E-state index contributed by atoms with van der Waals surface area (Å²) in [4.78, 5) is 52.9. The van der Waals surface area contributed by atoms with Crippen molar-refractivity contribution in [2.45, 2.75) is 92.2 Å². The summed E-state index contributed by atoms with van der Waals surface area (Å²) in [7, 11) is 3.23. The van der Waals surface area contributed by atoms with Crippen molar-refractivity contribution in [2.75, 3.05) is 40.6 Å². The van der Waals surface area contributed by atoms with Gasteiger partial charge in [0, 0.05) is 45.1 Å². The third-order valence-electron chi connectivity index (χ3n) is 8.48. The van der Waals surface area contributed by atoms with E-state index < -0.39 is 40.4 Å². The summed E-state index contributed by atoms with van der Waals surface area (Å²) in [5, 5.41) is 12.4. The molecule has 48 heavy (non-hydrogen) atoms. The first kappa shape index (κ1) is 42.4. The molecule has 274 valence electrons. The van der Waals surface area contributed by atoms with Crippen LogP contribution in [0.15, 0.2) is 18.2 Å². The third-order valence-corrected chi connectivity index (χ3v) is 8.48. The molecule has 0 bridgehead atoms. The van der Waals surface area contributed by atoms with Gasteiger partial charge < -0.3 is 40.6 Å². The normalized spacial score (nSPS) is 14.1. The van der Waals surface area contributed by atoms with E-state index in [-0.39, 0.29) is 56.1 Å². The first-order chi connectivity index (χ1) is 22.5. The number of hydrogen-bond acceptors (Lipinski definition) is 11. The second-order valence-corrected chi connectivity index (χ2v) is 13.5. The Balaban J connectivity index is 3.22. The van der Waals surface area contributed by atoms with Gasteiger partial charge in [0.2, 0.25) is 11.8 Å². The van der Waals surface area contributed by atoms with Crippen molar-refractivity contribution in [3.63, 3.8) is 0 Å². The second-order valence-electron chi connectivity index (χ2n) is 13.5. The van der Waals surface area contributed by atoms with E-state index in [0.29, 0.717) is 37.6 Å². The highest BCUT2D eigenvalue weighted by Gasteiger charge is 2.34. The van der Waals surface area contributed by atoms with Crippen molar-refractivity contribution < 1.29 is 43.3 Å². The van der Waals surface area contributed by atoms with Gasteiger partial charge in [-0.1, -0.05) is 33.8 Å². The van der Waals surface area contributed by atoms with E-state index in [1.54, 1.807) is 28.1 Å². The van der Waals surface area contributed by atoms with Gasteiger partial charge in [-0.25, -0.2) is 0 Å². The van der Waals surface area contributed by atoms with Gasteiger partial charge in [0.25, 0.3) is 5.09 Å². The third kappa shape index (κ3) is 15.5. The molecule has 0 saturated carbocycles. The van der Waals surface area contributed by atoms with Gasteiger partial charge in [-0.3, -0.25) is 14.4 Å². The summed E-state index contributed by atoms with van der Waals surface area (Å²) < 4.78 is 22.5. The highest BCUT2D eigenvalue weighted by atomic mass is 16.9. The van der Waals surface area contributed by atoms with E-state index in [2.05, 4.69) is 24.0 Å². The SMILES string of the molecule is COCCCOc1cc(CC(CC(N)C(CC(C(=O)NCC(C)(C)C(N)=O)C(C)C)OC(=O)CCCO[N+](=O)[O-])C(C)C)ccc1OC. The topological polar surface area (TPSA) is 205 Å². The van der Waals surface area contributed by atoms with Gasteiger partial charge in [0.1, 0.15) is 6.10 Å². The summed E-state index contributed by atoms with van der Waals surface area (Å²) in [5.74, 6) is -0.626. The molecular weight excluding hydrogens is 624 g/mol. The summed E-state index contributed by atoms with van der Waals surface area (Å²) in [6.07, 6.45) is 1.17. The average molecular weight is 683 g/mol. The first-order valence-corrected chi connectivity index (χ1v) is 16.6. The highest BCUT2D eigenvalue weighted by Crippen LogP contribution is 2.32. The van der Waals surface area contributed by atoms with E-state index in [9.17, 15) is 24.5 Å². The van der Waals surface area contributed by atoms with Crippen LogP contribution in [0.2, 0.25) is 0 Å². The Bertz CT molecular complexity index is 1160. The van der Waals surface area contributed by atoms with E-state index >= 15 is 0 Å². The van der Waals surface area contributed by atoms with Crippen LogP contribution in [0.4, 0.5) is 0 Å². The molecule has 4 unspecified atom stereocenters. The molecule has 0 spiro atoms. The molecule has 4 atom stereocenters. The maximum Gasteiger partial charge on any atom is 0.306 e. The lowest BCUT2D eigenvalue weighted by molar-refractivity contribution is -0.757. The monoisotopic (exact) mass is 682 g/mol. The number of carbonyl (C=O) groups excluding carboxylic acids is 3.